The van der Waals surface area contributed by atoms with E-state index in [0.29, 0.717) is 0 Å². The third-order valence-electron chi connectivity index (χ3n) is 1.99. The van der Waals surface area contributed by atoms with E-state index in [-0.39, 0.29) is 24.3 Å². The van der Waals surface area contributed by atoms with Crippen LogP contribution in [0, 0.1) is 5.92 Å². The Morgan fingerprint density at radius 1 is 1.25 bits per heavy atom. The highest BCUT2D eigenvalue weighted by atomic mass is 32.2. The molecule has 96 valence electrons. The smallest absolute Gasteiger partial charge is 0.321 e. The molecule has 0 aliphatic heterocycles. The van der Waals surface area contributed by atoms with Crippen molar-refractivity contribution in [3.63, 3.8) is 0 Å². The molecule has 0 saturated carbocycles. The van der Waals surface area contributed by atoms with Crippen molar-refractivity contribution >= 4 is 16.0 Å². The molecule has 16 heavy (non-hydrogen) atoms. The molecule has 0 aromatic carbocycles. The zero-order chi connectivity index (χ0) is 12.9. The maximum absolute atomic E-state index is 12.0. The Bertz CT molecular complexity index is 322. The second-order valence-corrected chi connectivity index (χ2v) is 6.35. The van der Waals surface area contributed by atoms with E-state index in [2.05, 4.69) is 4.74 Å². The summed E-state index contributed by atoms with van der Waals surface area (Å²) in [5.41, 5.74) is 0. The van der Waals surface area contributed by atoms with Crippen molar-refractivity contribution in [2.75, 3.05) is 19.4 Å². The number of nitrogens with zero attached hydrogens (tertiary/aromatic N) is 1. The van der Waals surface area contributed by atoms with Gasteiger partial charge >= 0.3 is 5.97 Å². The average molecular weight is 251 g/mol. The maximum Gasteiger partial charge on any atom is 0.321 e. The van der Waals surface area contributed by atoms with Gasteiger partial charge in [0.25, 0.3) is 0 Å². The topological polar surface area (TPSA) is 63.7 Å². The summed E-state index contributed by atoms with van der Waals surface area (Å²) in [6.07, 6.45) is 0. The lowest BCUT2D eigenvalue weighted by Gasteiger charge is -2.25. The third kappa shape index (κ3) is 4.94. The fourth-order valence-electron chi connectivity index (χ4n) is 1.31. The van der Waals surface area contributed by atoms with Gasteiger partial charge in [0.05, 0.1) is 12.9 Å². The van der Waals surface area contributed by atoms with Gasteiger partial charge in [-0.25, -0.2) is 8.42 Å². The van der Waals surface area contributed by atoms with Crippen LogP contribution in [-0.4, -0.2) is 44.1 Å². The molecule has 0 aliphatic rings. The van der Waals surface area contributed by atoms with Crippen LogP contribution in [0.15, 0.2) is 0 Å². The van der Waals surface area contributed by atoms with Crippen LogP contribution in [-0.2, 0) is 19.6 Å². The predicted octanol–water partition coefficient (Wildman–Crippen LogP) is 0.856. The molecule has 0 aliphatic carbocycles. The molecule has 0 radical (unpaired) electrons. The van der Waals surface area contributed by atoms with E-state index in [1.54, 1.807) is 13.8 Å². The molecule has 0 fully saturated rings. The lowest BCUT2D eigenvalue weighted by atomic mass is 10.3. The molecular formula is C10H21NO4S. The summed E-state index contributed by atoms with van der Waals surface area (Å²) < 4.78 is 29.6. The van der Waals surface area contributed by atoms with Crippen LogP contribution in [0.5, 0.6) is 0 Å². The first-order valence-electron chi connectivity index (χ1n) is 5.27. The lowest BCUT2D eigenvalue weighted by molar-refractivity contribution is -0.141. The van der Waals surface area contributed by atoms with Gasteiger partial charge in [-0.3, -0.25) is 4.79 Å². The molecule has 0 heterocycles. The molecule has 0 aromatic heterocycles. The second-order valence-electron chi connectivity index (χ2n) is 4.39. The Labute approximate surface area is 97.8 Å². The lowest BCUT2D eigenvalue weighted by Crippen LogP contribution is -2.43. The number of methoxy groups -OCH3 is 1. The van der Waals surface area contributed by atoms with E-state index in [9.17, 15) is 13.2 Å². The van der Waals surface area contributed by atoms with Gasteiger partial charge in [-0.05, 0) is 19.8 Å². The normalized spacial score (nSPS) is 12.5. The van der Waals surface area contributed by atoms with E-state index >= 15 is 0 Å². The zero-order valence-corrected chi connectivity index (χ0v) is 11.4. The summed E-state index contributed by atoms with van der Waals surface area (Å²) in [6, 6.07) is -0.247. The van der Waals surface area contributed by atoms with Crippen molar-refractivity contribution in [3.8, 4) is 0 Å². The quantitative estimate of drug-likeness (QED) is 0.657. The van der Waals surface area contributed by atoms with Crippen molar-refractivity contribution in [3.05, 3.63) is 0 Å². The fourth-order valence-corrected chi connectivity index (χ4v) is 3.29. The van der Waals surface area contributed by atoms with Crippen LogP contribution in [0.4, 0.5) is 0 Å². The van der Waals surface area contributed by atoms with Gasteiger partial charge in [-0.15, -0.1) is 0 Å². The number of ether oxygens (including phenoxy) is 1. The van der Waals surface area contributed by atoms with Gasteiger partial charge in [-0.1, -0.05) is 13.8 Å². The van der Waals surface area contributed by atoms with Crippen molar-refractivity contribution < 1.29 is 17.9 Å². The zero-order valence-electron chi connectivity index (χ0n) is 10.6. The van der Waals surface area contributed by atoms with Crippen molar-refractivity contribution in [1.29, 1.82) is 0 Å². The molecule has 0 bridgehead atoms. The molecule has 0 saturated heterocycles. The first-order valence-corrected chi connectivity index (χ1v) is 6.88. The van der Waals surface area contributed by atoms with Crippen LogP contribution >= 0.6 is 0 Å². The molecule has 5 nitrogen and oxygen atoms in total. The van der Waals surface area contributed by atoms with Crippen LogP contribution in [0.3, 0.4) is 0 Å². The van der Waals surface area contributed by atoms with E-state index < -0.39 is 16.0 Å². The van der Waals surface area contributed by atoms with Crippen LogP contribution in [0.2, 0.25) is 0 Å². The van der Waals surface area contributed by atoms with Crippen molar-refractivity contribution in [2.24, 2.45) is 5.92 Å². The monoisotopic (exact) mass is 251 g/mol. The van der Waals surface area contributed by atoms with E-state index in [0.717, 1.165) is 0 Å². The highest BCUT2D eigenvalue weighted by Crippen LogP contribution is 2.11. The number of hydrogen-bond acceptors (Lipinski definition) is 4. The average Bonchev–Trinajstić information content (AvgIpc) is 2.10. The van der Waals surface area contributed by atoms with Gasteiger partial charge in [0.1, 0.15) is 6.54 Å². The number of sulfonamides is 1. The molecule has 0 rings (SSSR count). The summed E-state index contributed by atoms with van der Waals surface area (Å²) in [4.78, 5) is 11.1. The van der Waals surface area contributed by atoms with Gasteiger partial charge in [-0.2, -0.15) is 4.31 Å². The molecule has 0 N–H and O–H groups in total. The number of rotatable bonds is 6. The van der Waals surface area contributed by atoms with E-state index in [4.69, 9.17) is 0 Å². The minimum Gasteiger partial charge on any atom is -0.468 e. The summed E-state index contributed by atoms with van der Waals surface area (Å²) >= 11 is 0. The largest absolute Gasteiger partial charge is 0.468 e. The number of carbonyl (C=O) groups is 1. The third-order valence-corrected chi connectivity index (χ3v) is 4.34. The molecule has 6 heteroatoms. The minimum atomic E-state index is -3.39. The van der Waals surface area contributed by atoms with Crippen LogP contribution in [0.25, 0.3) is 0 Å². The van der Waals surface area contributed by atoms with Gasteiger partial charge in [0.15, 0.2) is 0 Å². The number of carbonyl (C=O) groups excluding carboxylic acids is 1. The standard InChI is InChI=1S/C10H21NO4S/c1-8(2)7-16(13,14)11(9(3)4)6-10(12)15-5/h8-9H,6-7H2,1-5H3. The highest BCUT2D eigenvalue weighted by Gasteiger charge is 2.28. The summed E-state index contributed by atoms with van der Waals surface area (Å²) in [5.74, 6) is -0.466. The van der Waals surface area contributed by atoms with Crippen LogP contribution in [0.1, 0.15) is 27.7 Å². The fraction of sp³-hybridized carbons (Fsp3) is 0.900. The first-order chi connectivity index (χ1) is 7.20. The molecule has 0 unspecified atom stereocenters. The van der Waals surface area contributed by atoms with Crippen LogP contribution < -0.4 is 0 Å². The Morgan fingerprint density at radius 3 is 2.06 bits per heavy atom. The number of esters is 1. The van der Waals surface area contributed by atoms with Gasteiger partial charge in [0, 0.05) is 6.04 Å². The summed E-state index contributed by atoms with van der Waals surface area (Å²) in [5, 5.41) is 0. The van der Waals surface area contributed by atoms with Gasteiger partial charge < -0.3 is 4.74 Å². The Balaban J connectivity index is 4.84. The maximum atomic E-state index is 12.0. The SMILES string of the molecule is COC(=O)CN(C(C)C)S(=O)(=O)CC(C)C. The predicted molar refractivity (Wildman–Crippen MR) is 62.5 cm³/mol. The van der Waals surface area contributed by atoms with Crippen molar-refractivity contribution in [2.45, 2.75) is 33.7 Å². The highest BCUT2D eigenvalue weighted by molar-refractivity contribution is 7.89. The molecular weight excluding hydrogens is 230 g/mol. The molecule has 0 atom stereocenters. The first kappa shape index (κ1) is 15.4. The number of hydrogen-bond donors (Lipinski definition) is 0. The Kier molecular flexibility index (Phi) is 5.96. The van der Waals surface area contributed by atoms with Crippen molar-refractivity contribution in [1.82, 2.24) is 4.31 Å². The van der Waals surface area contributed by atoms with Gasteiger partial charge in [0.2, 0.25) is 10.0 Å². The second kappa shape index (κ2) is 6.20. The minimum absolute atomic E-state index is 0.0314. The molecule has 0 aromatic rings. The molecule has 0 spiro atoms. The summed E-state index contributed by atoms with van der Waals surface area (Å²) in [6.45, 7) is 6.91. The Morgan fingerprint density at radius 2 is 1.75 bits per heavy atom. The van der Waals surface area contributed by atoms with E-state index in [1.807, 2.05) is 13.8 Å². The summed E-state index contributed by atoms with van der Waals surface area (Å²) in [7, 11) is -2.15. The molecule has 0 amide bonds. The Hall–Kier alpha value is -0.620. The van der Waals surface area contributed by atoms with E-state index in [1.165, 1.54) is 11.4 Å².